The minimum Gasteiger partial charge on any atom is -0.198 e. The van der Waals surface area contributed by atoms with Crippen LogP contribution in [0.25, 0.3) is 0 Å². The third kappa shape index (κ3) is 3.93. The first-order valence-corrected chi connectivity index (χ1v) is 5.67. The van der Waals surface area contributed by atoms with Crippen LogP contribution in [0.15, 0.2) is 16.2 Å². The maximum Gasteiger partial charge on any atom is 0.0852 e. The lowest BCUT2D eigenvalue weighted by Gasteiger charge is -2.16. The molecule has 0 rings (SSSR count). The summed E-state index contributed by atoms with van der Waals surface area (Å²) in [5.74, 6) is 0.754. The van der Waals surface area contributed by atoms with Crippen LogP contribution in [0.4, 0.5) is 0 Å². The second-order valence-corrected chi connectivity index (χ2v) is 4.36. The molecule has 0 aliphatic heterocycles. The van der Waals surface area contributed by atoms with Crippen molar-refractivity contribution in [2.75, 3.05) is 12.3 Å². The molecule has 0 aromatic carbocycles. The van der Waals surface area contributed by atoms with Crippen LogP contribution in [0.3, 0.4) is 0 Å². The van der Waals surface area contributed by atoms with Gasteiger partial charge in [0.05, 0.1) is 18.5 Å². The monoisotopic (exact) mass is 212 g/mol. The molecule has 0 aliphatic rings. The Hall–Kier alpha value is -0.820. The second-order valence-electron chi connectivity index (χ2n) is 3.02. The van der Waals surface area contributed by atoms with Gasteiger partial charge >= 0.3 is 0 Å². The van der Waals surface area contributed by atoms with E-state index in [9.17, 15) is 4.91 Å². The molecule has 2 atom stereocenters. The molecule has 0 aliphatic carbocycles. The Kier molecular flexibility index (Phi) is 7.13. The standard InChI is InChI=1S/C10H16N2OS/c1-4-10(14-5-2)9(6-11)8(3)7-12-13/h4,8-9H,5,7H2,1-3H3/b10-4+/t8?,9-/m1/s1. The topological polar surface area (TPSA) is 53.2 Å². The normalized spacial score (nSPS) is 15.7. The van der Waals surface area contributed by atoms with Gasteiger partial charge < -0.3 is 0 Å². The van der Waals surface area contributed by atoms with Gasteiger partial charge in [0, 0.05) is 0 Å². The van der Waals surface area contributed by atoms with Gasteiger partial charge in [0.15, 0.2) is 0 Å². The average Bonchev–Trinajstić information content (AvgIpc) is 2.18. The second kappa shape index (κ2) is 7.57. The first kappa shape index (κ1) is 13.2. The third-order valence-electron chi connectivity index (χ3n) is 1.97. The molecule has 4 heteroatoms. The number of thioether (sulfide) groups is 1. The molecular weight excluding hydrogens is 196 g/mol. The molecule has 0 saturated heterocycles. The quantitative estimate of drug-likeness (QED) is 0.635. The van der Waals surface area contributed by atoms with Crippen molar-refractivity contribution in [1.82, 2.24) is 0 Å². The molecule has 0 fully saturated rings. The molecule has 0 aromatic heterocycles. The van der Waals surface area contributed by atoms with Gasteiger partial charge in [-0.1, -0.05) is 25.1 Å². The van der Waals surface area contributed by atoms with Gasteiger partial charge in [-0.05, 0) is 23.5 Å². The number of nitroso groups, excluding NO2 is 1. The van der Waals surface area contributed by atoms with E-state index in [0.717, 1.165) is 10.7 Å². The smallest absolute Gasteiger partial charge is 0.0852 e. The Bertz CT molecular complexity index is 245. The summed E-state index contributed by atoms with van der Waals surface area (Å²) in [6, 6.07) is 2.23. The van der Waals surface area contributed by atoms with E-state index < -0.39 is 0 Å². The summed E-state index contributed by atoms with van der Waals surface area (Å²) < 4.78 is 0. The summed E-state index contributed by atoms with van der Waals surface area (Å²) in [7, 11) is 0. The van der Waals surface area contributed by atoms with Crippen molar-refractivity contribution in [3.63, 3.8) is 0 Å². The Morgan fingerprint density at radius 3 is 2.71 bits per heavy atom. The van der Waals surface area contributed by atoms with Crippen LogP contribution >= 0.6 is 11.8 Å². The lowest BCUT2D eigenvalue weighted by atomic mass is 9.95. The predicted molar refractivity (Wildman–Crippen MR) is 60.8 cm³/mol. The maximum atomic E-state index is 10.1. The van der Waals surface area contributed by atoms with Crippen LogP contribution in [-0.2, 0) is 0 Å². The number of nitrogens with zero attached hydrogens (tertiary/aromatic N) is 2. The van der Waals surface area contributed by atoms with E-state index in [1.54, 1.807) is 11.8 Å². The zero-order chi connectivity index (χ0) is 11.0. The van der Waals surface area contributed by atoms with E-state index >= 15 is 0 Å². The van der Waals surface area contributed by atoms with E-state index in [2.05, 4.69) is 11.2 Å². The van der Waals surface area contributed by atoms with Crippen molar-refractivity contribution in [2.24, 2.45) is 17.0 Å². The molecule has 0 heterocycles. The van der Waals surface area contributed by atoms with Crippen molar-refractivity contribution < 1.29 is 0 Å². The van der Waals surface area contributed by atoms with Gasteiger partial charge in [0.1, 0.15) is 0 Å². The maximum absolute atomic E-state index is 10.1. The van der Waals surface area contributed by atoms with Gasteiger partial charge in [0.25, 0.3) is 0 Å². The number of hydrogen-bond acceptors (Lipinski definition) is 4. The highest BCUT2D eigenvalue weighted by Gasteiger charge is 2.20. The summed E-state index contributed by atoms with van der Waals surface area (Å²) >= 11 is 1.66. The Morgan fingerprint density at radius 1 is 1.71 bits per heavy atom. The molecule has 0 aromatic rings. The van der Waals surface area contributed by atoms with E-state index in [4.69, 9.17) is 5.26 Å². The van der Waals surface area contributed by atoms with Gasteiger partial charge in [-0.2, -0.15) is 10.2 Å². The molecule has 0 radical (unpaired) electrons. The van der Waals surface area contributed by atoms with Crippen LogP contribution in [0, 0.1) is 28.1 Å². The molecule has 78 valence electrons. The van der Waals surface area contributed by atoms with E-state index in [0.29, 0.717) is 0 Å². The highest BCUT2D eigenvalue weighted by atomic mass is 32.2. The Balaban J connectivity index is 4.53. The molecule has 0 spiro atoms. The molecule has 3 nitrogen and oxygen atoms in total. The lowest BCUT2D eigenvalue weighted by Crippen LogP contribution is -2.14. The number of rotatable bonds is 6. The average molecular weight is 212 g/mol. The molecule has 14 heavy (non-hydrogen) atoms. The lowest BCUT2D eigenvalue weighted by molar-refractivity contribution is 0.513. The molecule has 0 N–H and O–H groups in total. The van der Waals surface area contributed by atoms with Crippen LogP contribution in [0.1, 0.15) is 20.8 Å². The summed E-state index contributed by atoms with van der Waals surface area (Å²) in [4.78, 5) is 11.2. The third-order valence-corrected chi connectivity index (χ3v) is 3.08. The largest absolute Gasteiger partial charge is 0.198 e. The highest BCUT2D eigenvalue weighted by Crippen LogP contribution is 2.29. The summed E-state index contributed by atoms with van der Waals surface area (Å²) in [5, 5.41) is 11.8. The first-order chi connectivity index (χ1) is 6.71. The van der Waals surface area contributed by atoms with E-state index in [1.165, 1.54) is 0 Å². The summed E-state index contributed by atoms with van der Waals surface area (Å²) in [6.45, 7) is 6.06. The van der Waals surface area contributed by atoms with E-state index in [1.807, 2.05) is 26.8 Å². The van der Waals surface area contributed by atoms with Crippen LogP contribution in [-0.4, -0.2) is 12.3 Å². The molecule has 0 bridgehead atoms. The molecular formula is C10H16N2OS. The Labute approximate surface area is 89.5 Å². The van der Waals surface area contributed by atoms with Crippen LogP contribution < -0.4 is 0 Å². The zero-order valence-electron chi connectivity index (χ0n) is 8.86. The zero-order valence-corrected chi connectivity index (χ0v) is 9.67. The van der Waals surface area contributed by atoms with Crippen molar-refractivity contribution in [1.29, 1.82) is 5.26 Å². The van der Waals surface area contributed by atoms with E-state index in [-0.39, 0.29) is 18.4 Å². The van der Waals surface area contributed by atoms with Crippen molar-refractivity contribution in [3.05, 3.63) is 15.9 Å². The van der Waals surface area contributed by atoms with Crippen molar-refractivity contribution in [2.45, 2.75) is 20.8 Å². The molecule has 1 unspecified atom stereocenters. The minimum absolute atomic E-state index is 0.00255. The van der Waals surface area contributed by atoms with Gasteiger partial charge in [-0.15, -0.1) is 11.8 Å². The molecule has 0 saturated carbocycles. The van der Waals surface area contributed by atoms with Gasteiger partial charge in [-0.25, -0.2) is 0 Å². The summed E-state index contributed by atoms with van der Waals surface area (Å²) in [5.41, 5.74) is 0. The first-order valence-electron chi connectivity index (χ1n) is 4.68. The van der Waals surface area contributed by atoms with Crippen molar-refractivity contribution >= 4 is 11.8 Å². The number of allylic oxidation sites excluding steroid dienone is 2. The minimum atomic E-state index is -0.192. The van der Waals surface area contributed by atoms with Crippen LogP contribution in [0.5, 0.6) is 0 Å². The molecule has 0 amide bonds. The SMILES string of the molecule is C/C=C(/SCC)[C@H](C#N)C(C)CN=O. The number of nitriles is 1. The fraction of sp³-hybridized carbons (Fsp3) is 0.700. The number of hydrogen-bond donors (Lipinski definition) is 0. The van der Waals surface area contributed by atoms with Gasteiger partial charge in [-0.3, -0.25) is 0 Å². The Morgan fingerprint density at radius 2 is 2.36 bits per heavy atom. The fourth-order valence-corrected chi connectivity index (χ4v) is 2.18. The van der Waals surface area contributed by atoms with Crippen LogP contribution in [0.2, 0.25) is 0 Å². The predicted octanol–water partition coefficient (Wildman–Crippen LogP) is 3.19. The van der Waals surface area contributed by atoms with Gasteiger partial charge in [0.2, 0.25) is 0 Å². The fourth-order valence-electron chi connectivity index (χ4n) is 1.21. The summed E-state index contributed by atoms with van der Waals surface area (Å²) in [6.07, 6.45) is 1.95. The van der Waals surface area contributed by atoms with Crippen molar-refractivity contribution in [3.8, 4) is 6.07 Å². The highest BCUT2D eigenvalue weighted by molar-refractivity contribution is 8.03.